The van der Waals surface area contributed by atoms with Gasteiger partial charge < -0.3 is 15.4 Å². The van der Waals surface area contributed by atoms with E-state index >= 15 is 0 Å². The molecular formula is C19H28ClN3O3S. The Hall–Kier alpha value is -1.31. The Balaban J connectivity index is 1.78. The van der Waals surface area contributed by atoms with Crippen LogP contribution in [0.25, 0.3) is 0 Å². The average Bonchev–Trinajstić information content (AvgIpc) is 2.99. The molecule has 0 radical (unpaired) electrons. The Morgan fingerprint density at radius 3 is 2.78 bits per heavy atom. The number of hydrogen-bond acceptors (Lipinski definition) is 4. The van der Waals surface area contributed by atoms with Crippen LogP contribution in [0.4, 0.5) is 0 Å². The first kappa shape index (κ1) is 20.4. The summed E-state index contributed by atoms with van der Waals surface area (Å²) in [6.45, 7) is 4.73. The Morgan fingerprint density at radius 2 is 2.15 bits per heavy atom. The maximum Gasteiger partial charge on any atom is 0.191 e. The molecule has 2 fully saturated rings. The molecule has 0 amide bonds. The summed E-state index contributed by atoms with van der Waals surface area (Å²) in [5.41, 5.74) is 1.06. The largest absolute Gasteiger partial charge is 0.381 e. The summed E-state index contributed by atoms with van der Waals surface area (Å²) in [7, 11) is -2.93. The van der Waals surface area contributed by atoms with Crippen LogP contribution < -0.4 is 10.6 Å². The van der Waals surface area contributed by atoms with E-state index in [1.807, 2.05) is 25.1 Å². The van der Waals surface area contributed by atoms with Gasteiger partial charge in [0.25, 0.3) is 0 Å². The first-order chi connectivity index (χ1) is 12.9. The minimum atomic E-state index is -2.93. The summed E-state index contributed by atoms with van der Waals surface area (Å²) in [4.78, 5) is 4.83. The molecule has 2 saturated heterocycles. The minimum Gasteiger partial charge on any atom is -0.381 e. The maximum atomic E-state index is 11.7. The van der Waals surface area contributed by atoms with Gasteiger partial charge in [0.15, 0.2) is 15.8 Å². The lowest BCUT2D eigenvalue weighted by molar-refractivity contribution is 0.0531. The van der Waals surface area contributed by atoms with Gasteiger partial charge in [-0.3, -0.25) is 4.99 Å². The van der Waals surface area contributed by atoms with Gasteiger partial charge >= 0.3 is 0 Å². The zero-order valence-corrected chi connectivity index (χ0v) is 17.3. The Labute approximate surface area is 166 Å². The molecule has 1 aromatic carbocycles. The topological polar surface area (TPSA) is 79.8 Å². The first-order valence-corrected chi connectivity index (χ1v) is 11.7. The van der Waals surface area contributed by atoms with Crippen molar-refractivity contribution >= 4 is 27.4 Å². The number of hydrogen-bond donors (Lipinski definition) is 2. The lowest BCUT2D eigenvalue weighted by Gasteiger charge is -2.37. The Kier molecular flexibility index (Phi) is 6.65. The van der Waals surface area contributed by atoms with Crippen molar-refractivity contribution in [1.82, 2.24) is 10.6 Å². The van der Waals surface area contributed by atoms with Crippen molar-refractivity contribution in [2.24, 2.45) is 4.99 Å². The SMILES string of the molecule is CCNC(=NCC1(c2cccc(Cl)c2)CCOCC1)NC1CCS(=O)(=O)C1. The number of sulfone groups is 1. The molecule has 0 aliphatic carbocycles. The number of nitrogens with zero attached hydrogens (tertiary/aromatic N) is 1. The fraction of sp³-hybridized carbons (Fsp3) is 0.632. The van der Waals surface area contributed by atoms with E-state index in [4.69, 9.17) is 21.3 Å². The Bertz CT molecular complexity index is 776. The van der Waals surface area contributed by atoms with E-state index in [0.717, 1.165) is 24.4 Å². The molecule has 6 nitrogen and oxygen atoms in total. The number of nitrogens with one attached hydrogen (secondary N) is 2. The summed E-state index contributed by atoms with van der Waals surface area (Å²) < 4.78 is 29.0. The predicted molar refractivity (Wildman–Crippen MR) is 109 cm³/mol. The molecule has 8 heteroatoms. The summed E-state index contributed by atoms with van der Waals surface area (Å²) in [6, 6.07) is 7.91. The van der Waals surface area contributed by atoms with Gasteiger partial charge in [0, 0.05) is 36.2 Å². The normalized spacial score (nSPS) is 24.5. The number of ether oxygens (including phenoxy) is 1. The fourth-order valence-corrected chi connectivity index (χ4v) is 5.63. The van der Waals surface area contributed by atoms with Gasteiger partial charge in [0.05, 0.1) is 18.1 Å². The van der Waals surface area contributed by atoms with Gasteiger partial charge in [0.2, 0.25) is 0 Å². The van der Waals surface area contributed by atoms with Gasteiger partial charge in [-0.1, -0.05) is 23.7 Å². The minimum absolute atomic E-state index is 0.0791. The van der Waals surface area contributed by atoms with Crippen molar-refractivity contribution in [2.45, 2.75) is 37.6 Å². The van der Waals surface area contributed by atoms with Crippen molar-refractivity contribution in [3.05, 3.63) is 34.9 Å². The second-order valence-electron chi connectivity index (χ2n) is 7.34. The second kappa shape index (κ2) is 8.80. The van der Waals surface area contributed by atoms with Crippen molar-refractivity contribution < 1.29 is 13.2 Å². The predicted octanol–water partition coefficient (Wildman–Crippen LogP) is 2.13. The van der Waals surface area contributed by atoms with Crippen LogP contribution in [0.15, 0.2) is 29.3 Å². The van der Waals surface area contributed by atoms with E-state index in [1.54, 1.807) is 0 Å². The molecule has 0 aromatic heterocycles. The van der Waals surface area contributed by atoms with Crippen molar-refractivity contribution in [2.75, 3.05) is 37.8 Å². The van der Waals surface area contributed by atoms with Gasteiger partial charge in [-0.05, 0) is 43.9 Å². The molecule has 2 N–H and O–H groups in total. The third-order valence-electron chi connectivity index (χ3n) is 5.34. The third-order valence-corrected chi connectivity index (χ3v) is 7.35. The molecule has 150 valence electrons. The monoisotopic (exact) mass is 413 g/mol. The highest BCUT2D eigenvalue weighted by Gasteiger charge is 2.35. The third kappa shape index (κ3) is 5.36. The summed E-state index contributed by atoms with van der Waals surface area (Å²) in [6.07, 6.45) is 2.39. The first-order valence-electron chi connectivity index (χ1n) is 9.51. The Morgan fingerprint density at radius 1 is 1.37 bits per heavy atom. The van der Waals surface area contributed by atoms with Crippen LogP contribution in [-0.2, 0) is 20.0 Å². The molecule has 0 bridgehead atoms. The average molecular weight is 414 g/mol. The molecule has 0 spiro atoms. The number of aliphatic imine (C=N–C) groups is 1. The zero-order chi connectivity index (χ0) is 19.3. The molecule has 3 rings (SSSR count). The highest BCUT2D eigenvalue weighted by Crippen LogP contribution is 2.36. The zero-order valence-electron chi connectivity index (χ0n) is 15.7. The van der Waals surface area contributed by atoms with Gasteiger partial charge in [-0.15, -0.1) is 0 Å². The lowest BCUT2D eigenvalue weighted by atomic mass is 9.74. The molecule has 2 aliphatic heterocycles. The van der Waals surface area contributed by atoms with E-state index in [1.165, 1.54) is 5.56 Å². The number of halogens is 1. The second-order valence-corrected chi connectivity index (χ2v) is 10.0. The smallest absolute Gasteiger partial charge is 0.191 e. The van der Waals surface area contributed by atoms with Crippen LogP contribution in [0.3, 0.4) is 0 Å². The van der Waals surface area contributed by atoms with Crippen LogP contribution in [0.2, 0.25) is 5.02 Å². The van der Waals surface area contributed by atoms with Gasteiger partial charge in [-0.2, -0.15) is 0 Å². The van der Waals surface area contributed by atoms with E-state index < -0.39 is 9.84 Å². The maximum absolute atomic E-state index is 11.7. The van der Waals surface area contributed by atoms with E-state index in [9.17, 15) is 8.42 Å². The molecule has 1 atom stereocenters. The summed E-state index contributed by atoms with van der Waals surface area (Å²) >= 11 is 6.23. The van der Waals surface area contributed by atoms with E-state index in [-0.39, 0.29) is 23.0 Å². The highest BCUT2D eigenvalue weighted by atomic mass is 35.5. The lowest BCUT2D eigenvalue weighted by Crippen LogP contribution is -2.45. The standard InChI is InChI=1S/C19H28ClN3O3S/c1-2-21-18(23-17-6-11-27(24,25)13-17)22-14-19(7-9-26-10-8-19)15-4-3-5-16(20)12-15/h3-5,12,17H,2,6-11,13-14H2,1H3,(H2,21,22,23). The summed E-state index contributed by atoms with van der Waals surface area (Å²) in [5, 5.41) is 7.26. The molecule has 0 saturated carbocycles. The fourth-order valence-electron chi connectivity index (χ4n) is 3.77. The number of guanidine groups is 1. The van der Waals surface area contributed by atoms with Crippen LogP contribution >= 0.6 is 11.6 Å². The number of rotatable bonds is 5. The van der Waals surface area contributed by atoms with Crippen LogP contribution in [0.1, 0.15) is 31.7 Å². The quantitative estimate of drug-likeness (QED) is 0.571. The van der Waals surface area contributed by atoms with Crippen LogP contribution in [0.5, 0.6) is 0 Å². The molecule has 2 aliphatic rings. The molecule has 1 unspecified atom stereocenters. The van der Waals surface area contributed by atoms with Crippen LogP contribution in [0, 0.1) is 0 Å². The van der Waals surface area contributed by atoms with Gasteiger partial charge in [-0.25, -0.2) is 8.42 Å². The van der Waals surface area contributed by atoms with E-state index in [0.29, 0.717) is 32.1 Å². The molecular weight excluding hydrogens is 386 g/mol. The van der Waals surface area contributed by atoms with Gasteiger partial charge in [0.1, 0.15) is 0 Å². The van der Waals surface area contributed by atoms with Crippen molar-refractivity contribution in [3.8, 4) is 0 Å². The number of benzene rings is 1. The van der Waals surface area contributed by atoms with Crippen LogP contribution in [-0.4, -0.2) is 58.2 Å². The molecule has 2 heterocycles. The molecule has 27 heavy (non-hydrogen) atoms. The van der Waals surface area contributed by atoms with Crippen molar-refractivity contribution in [3.63, 3.8) is 0 Å². The summed E-state index contributed by atoms with van der Waals surface area (Å²) in [5.74, 6) is 1.09. The highest BCUT2D eigenvalue weighted by molar-refractivity contribution is 7.91. The molecule has 1 aromatic rings. The van der Waals surface area contributed by atoms with E-state index in [2.05, 4.69) is 16.7 Å². The van der Waals surface area contributed by atoms with Crippen molar-refractivity contribution in [1.29, 1.82) is 0 Å².